The standard InChI is InChI=1S/C16H20N4O2S/c1-2-12-3-5-13(6-4-12)19-16-17-9-7-15(20-16)18-14-8-10-23(21,22)11-14/h3-7,9,14H,2,8,10-11H2,1H3,(H2,17,18,19,20). The third-order valence-corrected chi connectivity index (χ3v) is 5.63. The van der Waals surface area contributed by atoms with Crippen LogP contribution in [-0.2, 0) is 16.3 Å². The summed E-state index contributed by atoms with van der Waals surface area (Å²) in [6.45, 7) is 2.11. The lowest BCUT2D eigenvalue weighted by Gasteiger charge is -2.12. The first kappa shape index (κ1) is 15.7. The number of hydrogen-bond acceptors (Lipinski definition) is 6. The minimum Gasteiger partial charge on any atom is -0.366 e. The predicted octanol–water partition coefficient (Wildman–Crippen LogP) is 2.38. The Morgan fingerprint density at radius 1 is 1.22 bits per heavy atom. The molecular formula is C16H20N4O2S. The van der Waals surface area contributed by atoms with Gasteiger partial charge in [0.2, 0.25) is 5.95 Å². The van der Waals surface area contributed by atoms with Crippen molar-refractivity contribution in [3.05, 3.63) is 42.1 Å². The van der Waals surface area contributed by atoms with Gasteiger partial charge in [0.15, 0.2) is 9.84 Å². The molecule has 1 saturated heterocycles. The van der Waals surface area contributed by atoms with Gasteiger partial charge in [0, 0.05) is 17.9 Å². The first-order chi connectivity index (χ1) is 11.0. The molecular weight excluding hydrogens is 312 g/mol. The lowest BCUT2D eigenvalue weighted by molar-refractivity contribution is 0.602. The largest absolute Gasteiger partial charge is 0.366 e. The Bertz CT molecular complexity index is 775. The molecule has 0 spiro atoms. The fourth-order valence-corrected chi connectivity index (χ4v) is 4.24. The Morgan fingerprint density at radius 3 is 2.65 bits per heavy atom. The second-order valence-electron chi connectivity index (χ2n) is 5.69. The zero-order valence-electron chi connectivity index (χ0n) is 13.0. The topological polar surface area (TPSA) is 84.0 Å². The molecule has 1 fully saturated rings. The summed E-state index contributed by atoms with van der Waals surface area (Å²) in [4.78, 5) is 8.59. The highest BCUT2D eigenvalue weighted by molar-refractivity contribution is 7.91. The second kappa shape index (κ2) is 6.54. The van der Waals surface area contributed by atoms with Gasteiger partial charge in [0.05, 0.1) is 11.5 Å². The molecule has 1 aromatic heterocycles. The van der Waals surface area contributed by atoms with Gasteiger partial charge in [-0.3, -0.25) is 0 Å². The maximum absolute atomic E-state index is 11.5. The van der Waals surface area contributed by atoms with Gasteiger partial charge in [-0.05, 0) is 36.6 Å². The van der Waals surface area contributed by atoms with Crippen molar-refractivity contribution < 1.29 is 8.42 Å². The summed E-state index contributed by atoms with van der Waals surface area (Å²) in [6.07, 6.45) is 3.27. The summed E-state index contributed by atoms with van der Waals surface area (Å²) in [5.41, 5.74) is 2.19. The Morgan fingerprint density at radius 2 is 2.00 bits per heavy atom. The van der Waals surface area contributed by atoms with Gasteiger partial charge in [-0.2, -0.15) is 4.98 Å². The van der Waals surface area contributed by atoms with Crippen LogP contribution in [0.5, 0.6) is 0 Å². The van der Waals surface area contributed by atoms with Crippen LogP contribution < -0.4 is 10.6 Å². The Labute approximate surface area is 136 Å². The third kappa shape index (κ3) is 4.19. The van der Waals surface area contributed by atoms with Gasteiger partial charge in [-0.25, -0.2) is 13.4 Å². The summed E-state index contributed by atoms with van der Waals surface area (Å²) < 4.78 is 23.0. The normalized spacial score (nSPS) is 19.4. The number of rotatable bonds is 5. The number of nitrogens with one attached hydrogen (secondary N) is 2. The fraction of sp³-hybridized carbons (Fsp3) is 0.375. The van der Waals surface area contributed by atoms with E-state index < -0.39 is 9.84 Å². The van der Waals surface area contributed by atoms with Gasteiger partial charge in [-0.15, -0.1) is 0 Å². The number of benzene rings is 1. The van der Waals surface area contributed by atoms with Crippen LogP contribution >= 0.6 is 0 Å². The van der Waals surface area contributed by atoms with Crippen molar-refractivity contribution in [1.82, 2.24) is 9.97 Å². The molecule has 0 aliphatic carbocycles. The monoisotopic (exact) mass is 332 g/mol. The SMILES string of the molecule is CCc1ccc(Nc2nccc(NC3CCS(=O)(=O)C3)n2)cc1. The van der Waals surface area contributed by atoms with Crippen molar-refractivity contribution >= 4 is 27.3 Å². The Kier molecular flexibility index (Phi) is 4.47. The Balaban J connectivity index is 1.67. The lowest BCUT2D eigenvalue weighted by atomic mass is 10.1. The zero-order chi connectivity index (χ0) is 16.3. The molecule has 3 rings (SSSR count). The van der Waals surface area contributed by atoms with E-state index in [-0.39, 0.29) is 17.5 Å². The lowest BCUT2D eigenvalue weighted by Crippen LogP contribution is -2.21. The molecule has 1 aliphatic heterocycles. The van der Waals surface area contributed by atoms with Gasteiger partial charge in [-0.1, -0.05) is 19.1 Å². The maximum atomic E-state index is 11.5. The number of nitrogens with zero attached hydrogens (tertiary/aromatic N) is 2. The third-order valence-electron chi connectivity index (χ3n) is 3.86. The van der Waals surface area contributed by atoms with E-state index >= 15 is 0 Å². The molecule has 1 atom stereocenters. The van der Waals surface area contributed by atoms with Crippen molar-refractivity contribution in [3.63, 3.8) is 0 Å². The van der Waals surface area contributed by atoms with Crippen molar-refractivity contribution in [2.45, 2.75) is 25.8 Å². The molecule has 122 valence electrons. The number of sulfone groups is 1. The van der Waals surface area contributed by atoms with Crippen LogP contribution in [0.15, 0.2) is 36.5 Å². The molecule has 7 heteroatoms. The van der Waals surface area contributed by atoms with E-state index in [2.05, 4.69) is 39.7 Å². The summed E-state index contributed by atoms with van der Waals surface area (Å²) in [5.74, 6) is 1.53. The minimum atomic E-state index is -2.90. The van der Waals surface area contributed by atoms with Gasteiger partial charge >= 0.3 is 0 Å². The van der Waals surface area contributed by atoms with E-state index in [4.69, 9.17) is 0 Å². The quantitative estimate of drug-likeness (QED) is 0.874. The van der Waals surface area contributed by atoms with E-state index in [1.807, 2.05) is 12.1 Å². The van der Waals surface area contributed by atoms with Crippen LogP contribution in [0.4, 0.5) is 17.5 Å². The highest BCUT2D eigenvalue weighted by atomic mass is 32.2. The van der Waals surface area contributed by atoms with Crippen LogP contribution in [0.1, 0.15) is 18.9 Å². The maximum Gasteiger partial charge on any atom is 0.229 e. The number of aromatic nitrogens is 2. The van der Waals surface area contributed by atoms with Crippen LogP contribution in [0.25, 0.3) is 0 Å². The molecule has 0 radical (unpaired) electrons. The van der Waals surface area contributed by atoms with Gasteiger partial charge in [0.25, 0.3) is 0 Å². The molecule has 1 aliphatic rings. The minimum absolute atomic E-state index is 0.0772. The van der Waals surface area contributed by atoms with E-state index in [1.54, 1.807) is 12.3 Å². The molecule has 2 heterocycles. The highest BCUT2D eigenvalue weighted by Crippen LogP contribution is 2.18. The van der Waals surface area contributed by atoms with Crippen LogP contribution in [0, 0.1) is 0 Å². The summed E-state index contributed by atoms with van der Waals surface area (Å²) in [6, 6.07) is 9.78. The van der Waals surface area contributed by atoms with Crippen LogP contribution in [0.3, 0.4) is 0 Å². The zero-order valence-corrected chi connectivity index (χ0v) is 13.8. The number of anilines is 3. The van der Waals surface area contributed by atoms with Crippen molar-refractivity contribution in [2.24, 2.45) is 0 Å². The molecule has 0 bridgehead atoms. The first-order valence-corrected chi connectivity index (χ1v) is 9.52. The number of hydrogen-bond donors (Lipinski definition) is 2. The number of aryl methyl sites for hydroxylation is 1. The molecule has 23 heavy (non-hydrogen) atoms. The van der Waals surface area contributed by atoms with Crippen molar-refractivity contribution in [3.8, 4) is 0 Å². The van der Waals surface area contributed by atoms with E-state index in [9.17, 15) is 8.42 Å². The average Bonchev–Trinajstić information content (AvgIpc) is 2.87. The smallest absolute Gasteiger partial charge is 0.229 e. The average molecular weight is 332 g/mol. The second-order valence-corrected chi connectivity index (χ2v) is 7.91. The summed E-state index contributed by atoms with van der Waals surface area (Å²) >= 11 is 0. The molecule has 0 amide bonds. The van der Waals surface area contributed by atoms with E-state index in [0.29, 0.717) is 18.2 Å². The molecule has 2 N–H and O–H groups in total. The van der Waals surface area contributed by atoms with Crippen molar-refractivity contribution in [1.29, 1.82) is 0 Å². The van der Waals surface area contributed by atoms with Crippen LogP contribution in [0.2, 0.25) is 0 Å². The molecule has 2 aromatic rings. The molecule has 1 unspecified atom stereocenters. The molecule has 0 saturated carbocycles. The van der Waals surface area contributed by atoms with Gasteiger partial charge < -0.3 is 10.6 Å². The van der Waals surface area contributed by atoms with Crippen LogP contribution in [-0.4, -0.2) is 35.9 Å². The van der Waals surface area contributed by atoms with Crippen molar-refractivity contribution in [2.75, 3.05) is 22.1 Å². The Hall–Kier alpha value is -2.15. The van der Waals surface area contributed by atoms with E-state index in [0.717, 1.165) is 12.1 Å². The van der Waals surface area contributed by atoms with E-state index in [1.165, 1.54) is 5.56 Å². The summed E-state index contributed by atoms with van der Waals surface area (Å²) in [5, 5.41) is 6.33. The fourth-order valence-electron chi connectivity index (χ4n) is 2.57. The van der Waals surface area contributed by atoms with Gasteiger partial charge in [0.1, 0.15) is 5.82 Å². The highest BCUT2D eigenvalue weighted by Gasteiger charge is 2.27. The summed E-state index contributed by atoms with van der Waals surface area (Å²) in [7, 11) is -2.90. The predicted molar refractivity (Wildman–Crippen MR) is 91.8 cm³/mol. The first-order valence-electron chi connectivity index (χ1n) is 7.70. The molecule has 1 aromatic carbocycles. The molecule has 6 nitrogen and oxygen atoms in total.